The van der Waals surface area contributed by atoms with Crippen LogP contribution in [0.3, 0.4) is 0 Å². The average Bonchev–Trinajstić information content (AvgIpc) is 2.53. The third-order valence-corrected chi connectivity index (χ3v) is 3.47. The molecule has 6 heteroatoms. The molecule has 0 aliphatic heterocycles. The van der Waals surface area contributed by atoms with Gasteiger partial charge in [0.05, 0.1) is 7.11 Å². The van der Waals surface area contributed by atoms with Crippen LogP contribution in [0.25, 0.3) is 0 Å². The van der Waals surface area contributed by atoms with E-state index in [-0.39, 0.29) is 5.91 Å². The Hall–Kier alpha value is -2.09. The number of amides is 2. The second-order valence-electron chi connectivity index (χ2n) is 4.14. The molecule has 0 aromatic heterocycles. The molecule has 2 aromatic rings. The molecule has 0 fully saturated rings. The second-order valence-corrected chi connectivity index (χ2v) is 5.39. The Morgan fingerprint density at radius 1 is 0.857 bits per heavy atom. The van der Waals surface area contributed by atoms with Crippen LogP contribution >= 0.6 is 22.6 Å². The lowest BCUT2D eigenvalue weighted by Crippen LogP contribution is -2.41. The van der Waals surface area contributed by atoms with Gasteiger partial charge in [-0.25, -0.2) is 0 Å². The number of benzene rings is 2. The van der Waals surface area contributed by atoms with Gasteiger partial charge in [0.2, 0.25) is 0 Å². The van der Waals surface area contributed by atoms with E-state index < -0.39 is 5.91 Å². The smallest absolute Gasteiger partial charge is 0.269 e. The Labute approximate surface area is 135 Å². The maximum atomic E-state index is 11.9. The highest BCUT2D eigenvalue weighted by atomic mass is 127. The molecule has 0 atom stereocenters. The number of nitrogens with one attached hydrogen (secondary N) is 2. The lowest BCUT2D eigenvalue weighted by Gasteiger charge is -2.08. The van der Waals surface area contributed by atoms with E-state index in [9.17, 15) is 9.59 Å². The highest BCUT2D eigenvalue weighted by Crippen LogP contribution is 2.11. The van der Waals surface area contributed by atoms with Crippen molar-refractivity contribution in [3.05, 3.63) is 63.2 Å². The van der Waals surface area contributed by atoms with Crippen molar-refractivity contribution in [3.63, 3.8) is 0 Å². The zero-order chi connectivity index (χ0) is 15.2. The van der Waals surface area contributed by atoms with Gasteiger partial charge in [0.25, 0.3) is 11.8 Å². The summed E-state index contributed by atoms with van der Waals surface area (Å²) < 4.78 is 6.05. The first-order valence-electron chi connectivity index (χ1n) is 6.10. The van der Waals surface area contributed by atoms with Gasteiger partial charge in [0.1, 0.15) is 5.75 Å². The number of rotatable bonds is 3. The second kappa shape index (κ2) is 7.07. The molecule has 0 bridgehead atoms. The van der Waals surface area contributed by atoms with E-state index in [4.69, 9.17) is 4.74 Å². The highest BCUT2D eigenvalue weighted by molar-refractivity contribution is 14.1. The normalized spacial score (nSPS) is 9.81. The minimum atomic E-state index is -0.392. The molecule has 2 N–H and O–H groups in total. The summed E-state index contributed by atoms with van der Waals surface area (Å²) in [7, 11) is 1.55. The van der Waals surface area contributed by atoms with Gasteiger partial charge in [-0.15, -0.1) is 0 Å². The first kappa shape index (κ1) is 15.3. The van der Waals surface area contributed by atoms with Crippen LogP contribution in [0, 0.1) is 3.57 Å². The molecule has 0 aliphatic rings. The van der Waals surface area contributed by atoms with E-state index in [1.807, 2.05) is 12.1 Å². The van der Waals surface area contributed by atoms with Crippen molar-refractivity contribution in [3.8, 4) is 5.75 Å². The summed E-state index contributed by atoms with van der Waals surface area (Å²) in [5.74, 6) is -0.0979. The highest BCUT2D eigenvalue weighted by Gasteiger charge is 2.09. The lowest BCUT2D eigenvalue weighted by atomic mass is 10.2. The monoisotopic (exact) mass is 396 g/mol. The molecule has 0 unspecified atom stereocenters. The van der Waals surface area contributed by atoms with Crippen molar-refractivity contribution in [2.45, 2.75) is 0 Å². The van der Waals surface area contributed by atoms with Crippen LogP contribution in [0.4, 0.5) is 0 Å². The minimum absolute atomic E-state index is 0.367. The lowest BCUT2D eigenvalue weighted by molar-refractivity contribution is 0.0846. The van der Waals surface area contributed by atoms with Gasteiger partial charge in [0, 0.05) is 14.7 Å². The summed E-state index contributed by atoms with van der Waals surface area (Å²) in [6, 6.07) is 13.6. The molecule has 0 heterocycles. The van der Waals surface area contributed by atoms with Gasteiger partial charge in [-0.1, -0.05) is 0 Å². The molecular formula is C15H13IN2O3. The molecule has 2 amide bonds. The Kier molecular flexibility index (Phi) is 5.15. The predicted octanol–water partition coefficient (Wildman–Crippen LogP) is 2.37. The van der Waals surface area contributed by atoms with Crippen molar-refractivity contribution in [1.82, 2.24) is 10.9 Å². The van der Waals surface area contributed by atoms with Crippen LogP contribution in [0.15, 0.2) is 48.5 Å². The number of hydrogen-bond acceptors (Lipinski definition) is 3. The van der Waals surface area contributed by atoms with Crippen LogP contribution in [-0.2, 0) is 0 Å². The minimum Gasteiger partial charge on any atom is -0.497 e. The molecule has 21 heavy (non-hydrogen) atoms. The van der Waals surface area contributed by atoms with Crippen LogP contribution in [0.5, 0.6) is 5.75 Å². The Morgan fingerprint density at radius 3 is 1.71 bits per heavy atom. The Balaban J connectivity index is 1.93. The standard InChI is InChI=1S/C15H13IN2O3/c1-21-13-8-4-11(5-9-13)15(20)18-17-14(19)10-2-6-12(16)7-3-10/h2-9H,1H3,(H,17,19)(H,18,20). The molecule has 0 radical (unpaired) electrons. The number of hydrazine groups is 1. The maximum Gasteiger partial charge on any atom is 0.269 e. The summed E-state index contributed by atoms with van der Waals surface area (Å²) in [5, 5.41) is 0. The van der Waals surface area contributed by atoms with Gasteiger partial charge < -0.3 is 4.74 Å². The molecular weight excluding hydrogens is 383 g/mol. The molecule has 0 saturated carbocycles. The molecule has 0 aliphatic carbocycles. The van der Waals surface area contributed by atoms with Crippen molar-refractivity contribution in [1.29, 1.82) is 0 Å². The number of carbonyl (C=O) groups is 2. The number of halogens is 1. The summed E-state index contributed by atoms with van der Waals surface area (Å²) >= 11 is 2.15. The van der Waals surface area contributed by atoms with Gasteiger partial charge in [-0.05, 0) is 71.1 Å². The molecule has 0 spiro atoms. The Morgan fingerprint density at radius 2 is 1.29 bits per heavy atom. The van der Waals surface area contributed by atoms with E-state index in [0.717, 1.165) is 3.57 Å². The largest absolute Gasteiger partial charge is 0.497 e. The van der Waals surface area contributed by atoms with Crippen molar-refractivity contribution >= 4 is 34.4 Å². The molecule has 0 saturated heterocycles. The first-order chi connectivity index (χ1) is 10.1. The number of methoxy groups -OCH3 is 1. The maximum absolute atomic E-state index is 11.9. The van der Waals surface area contributed by atoms with E-state index in [1.54, 1.807) is 43.5 Å². The summed E-state index contributed by atoms with van der Waals surface area (Å²) in [5.41, 5.74) is 5.65. The zero-order valence-corrected chi connectivity index (χ0v) is 13.4. The van der Waals surface area contributed by atoms with Gasteiger partial charge in [-0.3, -0.25) is 20.4 Å². The van der Waals surface area contributed by atoms with E-state index >= 15 is 0 Å². The fourth-order valence-electron chi connectivity index (χ4n) is 1.60. The van der Waals surface area contributed by atoms with E-state index in [0.29, 0.717) is 16.9 Å². The SMILES string of the molecule is COc1ccc(C(=O)NNC(=O)c2ccc(I)cc2)cc1. The van der Waals surface area contributed by atoms with Gasteiger partial charge in [0.15, 0.2) is 0 Å². The predicted molar refractivity (Wildman–Crippen MR) is 87.1 cm³/mol. The fraction of sp³-hybridized carbons (Fsp3) is 0.0667. The van der Waals surface area contributed by atoms with Gasteiger partial charge >= 0.3 is 0 Å². The number of carbonyl (C=O) groups excluding carboxylic acids is 2. The van der Waals surface area contributed by atoms with Crippen molar-refractivity contribution in [2.75, 3.05) is 7.11 Å². The quantitative estimate of drug-likeness (QED) is 0.619. The summed E-state index contributed by atoms with van der Waals surface area (Å²) in [4.78, 5) is 23.7. The van der Waals surface area contributed by atoms with Crippen LogP contribution in [0.1, 0.15) is 20.7 Å². The summed E-state index contributed by atoms with van der Waals surface area (Å²) in [6.07, 6.45) is 0. The first-order valence-corrected chi connectivity index (χ1v) is 7.18. The zero-order valence-electron chi connectivity index (χ0n) is 11.2. The number of ether oxygens (including phenoxy) is 1. The van der Waals surface area contributed by atoms with Crippen LogP contribution < -0.4 is 15.6 Å². The van der Waals surface area contributed by atoms with Gasteiger partial charge in [-0.2, -0.15) is 0 Å². The van der Waals surface area contributed by atoms with Crippen LogP contribution in [0.2, 0.25) is 0 Å². The number of hydrogen-bond donors (Lipinski definition) is 2. The third-order valence-electron chi connectivity index (χ3n) is 2.75. The van der Waals surface area contributed by atoms with Crippen LogP contribution in [-0.4, -0.2) is 18.9 Å². The molecule has 2 rings (SSSR count). The molecule has 5 nitrogen and oxygen atoms in total. The molecule has 108 valence electrons. The fourth-order valence-corrected chi connectivity index (χ4v) is 1.96. The topological polar surface area (TPSA) is 67.4 Å². The summed E-state index contributed by atoms with van der Waals surface area (Å²) in [6.45, 7) is 0. The van der Waals surface area contributed by atoms with Crippen molar-refractivity contribution < 1.29 is 14.3 Å². The van der Waals surface area contributed by atoms with Crippen molar-refractivity contribution in [2.24, 2.45) is 0 Å². The molecule has 2 aromatic carbocycles. The average molecular weight is 396 g/mol. The Bertz CT molecular complexity index is 639. The van der Waals surface area contributed by atoms with E-state index in [1.165, 1.54) is 0 Å². The third kappa shape index (κ3) is 4.19. The van der Waals surface area contributed by atoms with E-state index in [2.05, 4.69) is 33.4 Å².